The third kappa shape index (κ3) is 2.10. The maximum Gasteiger partial charge on any atom is 0.198 e. The molecule has 0 bridgehead atoms. The molecule has 0 spiro atoms. The molecule has 0 unspecified atom stereocenters. The lowest BCUT2D eigenvalue weighted by atomic mass is 10.3. The molecule has 1 aromatic carbocycles. The molecule has 0 aromatic heterocycles. The van der Waals surface area contributed by atoms with Crippen molar-refractivity contribution in [3.8, 4) is 0 Å². The van der Waals surface area contributed by atoms with Crippen LogP contribution in [-0.4, -0.2) is 8.07 Å². The second kappa shape index (κ2) is 3.90. The zero-order valence-electron chi connectivity index (χ0n) is 8.39. The summed E-state index contributed by atoms with van der Waals surface area (Å²) in [5, 5.41) is -0.0705. The van der Waals surface area contributed by atoms with Gasteiger partial charge < -0.3 is 0 Å². The van der Waals surface area contributed by atoms with E-state index in [1.54, 1.807) is 19.6 Å². The van der Waals surface area contributed by atoms with Crippen LogP contribution in [0.15, 0.2) is 4.47 Å². The standard InChI is InChI=1S/C9H9BrF4Si/c1-15(2,3)9-4(10)5(11)6(12)7(13)8(9)14/h1-3H3. The van der Waals surface area contributed by atoms with Crippen molar-refractivity contribution in [2.75, 3.05) is 0 Å². The predicted molar refractivity (Wildman–Crippen MR) is 57.0 cm³/mol. The van der Waals surface area contributed by atoms with Gasteiger partial charge >= 0.3 is 0 Å². The maximum absolute atomic E-state index is 13.4. The van der Waals surface area contributed by atoms with E-state index in [2.05, 4.69) is 15.9 Å². The second-order valence-electron chi connectivity index (χ2n) is 4.19. The average molecular weight is 301 g/mol. The van der Waals surface area contributed by atoms with Gasteiger partial charge in [0.05, 0.1) is 12.5 Å². The molecule has 0 aliphatic carbocycles. The third-order valence-corrected chi connectivity index (χ3v) is 5.04. The van der Waals surface area contributed by atoms with Crippen molar-refractivity contribution < 1.29 is 17.6 Å². The quantitative estimate of drug-likeness (QED) is 0.322. The lowest BCUT2D eigenvalue weighted by Crippen LogP contribution is -2.42. The summed E-state index contributed by atoms with van der Waals surface area (Å²) in [7, 11) is -2.28. The highest BCUT2D eigenvalue weighted by atomic mass is 79.9. The lowest BCUT2D eigenvalue weighted by Gasteiger charge is -2.20. The highest BCUT2D eigenvalue weighted by Crippen LogP contribution is 2.24. The Kier molecular flexibility index (Phi) is 3.30. The van der Waals surface area contributed by atoms with Gasteiger partial charge in [-0.2, -0.15) is 0 Å². The Morgan fingerprint density at radius 3 is 1.60 bits per heavy atom. The van der Waals surface area contributed by atoms with Crippen LogP contribution in [0.2, 0.25) is 19.6 Å². The van der Waals surface area contributed by atoms with E-state index >= 15 is 0 Å². The van der Waals surface area contributed by atoms with Gasteiger partial charge in [0, 0.05) is 0 Å². The summed E-state index contributed by atoms with van der Waals surface area (Å²) in [6.45, 7) is 5.15. The van der Waals surface area contributed by atoms with Crippen LogP contribution in [-0.2, 0) is 0 Å². The van der Waals surface area contributed by atoms with E-state index in [1.807, 2.05) is 0 Å². The molecule has 0 N–H and O–H groups in total. The molecule has 0 heterocycles. The minimum Gasteiger partial charge on any atom is -0.204 e. The normalized spacial score (nSPS) is 12.0. The fourth-order valence-corrected chi connectivity index (χ4v) is 4.93. The van der Waals surface area contributed by atoms with Crippen LogP contribution in [0.3, 0.4) is 0 Å². The van der Waals surface area contributed by atoms with Gasteiger partial charge in [0.25, 0.3) is 0 Å². The van der Waals surface area contributed by atoms with E-state index in [-0.39, 0.29) is 9.66 Å². The number of halogens is 5. The fourth-order valence-electron chi connectivity index (χ4n) is 1.26. The average Bonchev–Trinajstić information content (AvgIpc) is 2.09. The van der Waals surface area contributed by atoms with Gasteiger partial charge in [0.1, 0.15) is 0 Å². The summed E-state index contributed by atoms with van der Waals surface area (Å²) in [4.78, 5) is 0. The van der Waals surface area contributed by atoms with Crippen molar-refractivity contribution in [1.29, 1.82) is 0 Å². The van der Waals surface area contributed by atoms with Crippen LogP contribution in [0.1, 0.15) is 0 Å². The van der Waals surface area contributed by atoms with Gasteiger partial charge in [0.15, 0.2) is 23.3 Å². The molecule has 0 aliphatic rings. The van der Waals surface area contributed by atoms with Gasteiger partial charge in [-0.25, -0.2) is 17.6 Å². The van der Waals surface area contributed by atoms with Crippen LogP contribution in [0, 0.1) is 23.3 Å². The topological polar surface area (TPSA) is 0 Å². The number of hydrogen-bond donors (Lipinski definition) is 0. The Morgan fingerprint density at radius 2 is 1.20 bits per heavy atom. The molecule has 1 rings (SSSR count). The molecular weight excluding hydrogens is 292 g/mol. The second-order valence-corrected chi connectivity index (χ2v) is 9.99. The van der Waals surface area contributed by atoms with Crippen molar-refractivity contribution in [2.45, 2.75) is 19.6 Å². The van der Waals surface area contributed by atoms with Crippen molar-refractivity contribution in [3.05, 3.63) is 27.7 Å². The van der Waals surface area contributed by atoms with Crippen LogP contribution < -0.4 is 5.19 Å². The first-order valence-corrected chi connectivity index (χ1v) is 8.49. The van der Waals surface area contributed by atoms with Crippen molar-refractivity contribution in [1.82, 2.24) is 0 Å². The Morgan fingerprint density at radius 1 is 0.800 bits per heavy atom. The number of benzene rings is 1. The number of hydrogen-bond acceptors (Lipinski definition) is 0. The first-order chi connectivity index (χ1) is 6.68. The molecule has 0 atom stereocenters. The van der Waals surface area contributed by atoms with Crippen molar-refractivity contribution >= 4 is 29.2 Å². The van der Waals surface area contributed by atoms with Crippen molar-refractivity contribution in [2.24, 2.45) is 0 Å². The molecule has 0 amide bonds. The summed E-state index contributed by atoms with van der Waals surface area (Å²) < 4.78 is 52.1. The van der Waals surface area contributed by atoms with E-state index in [9.17, 15) is 17.6 Å². The van der Waals surface area contributed by atoms with Crippen LogP contribution in [0.5, 0.6) is 0 Å². The fraction of sp³-hybridized carbons (Fsp3) is 0.333. The van der Waals surface area contributed by atoms with E-state index in [0.29, 0.717) is 0 Å². The van der Waals surface area contributed by atoms with Gasteiger partial charge in [-0.1, -0.05) is 19.6 Å². The van der Waals surface area contributed by atoms with Gasteiger partial charge in [0.2, 0.25) is 0 Å². The maximum atomic E-state index is 13.4. The predicted octanol–water partition coefficient (Wildman–Crippen LogP) is 3.55. The molecule has 6 heteroatoms. The van der Waals surface area contributed by atoms with E-state index in [4.69, 9.17) is 0 Å². The molecule has 84 valence electrons. The minimum absolute atomic E-state index is 0.0705. The lowest BCUT2D eigenvalue weighted by molar-refractivity contribution is 0.409. The first-order valence-electron chi connectivity index (χ1n) is 4.19. The molecule has 0 aliphatic heterocycles. The zero-order chi connectivity index (χ0) is 12.0. The van der Waals surface area contributed by atoms with Gasteiger partial charge in [-0.3, -0.25) is 0 Å². The van der Waals surface area contributed by atoms with Crippen LogP contribution in [0.4, 0.5) is 17.6 Å². The molecular formula is C9H9BrF4Si. The highest BCUT2D eigenvalue weighted by molar-refractivity contribution is 9.10. The Bertz CT molecular complexity index is 383. The largest absolute Gasteiger partial charge is 0.204 e. The van der Waals surface area contributed by atoms with Gasteiger partial charge in [-0.05, 0) is 21.1 Å². The van der Waals surface area contributed by atoms with Gasteiger partial charge in [-0.15, -0.1) is 0 Å². The molecule has 0 fully saturated rings. The van der Waals surface area contributed by atoms with E-state index in [0.717, 1.165) is 0 Å². The molecule has 1 aromatic rings. The minimum atomic E-state index is -2.28. The summed E-state index contributed by atoms with van der Waals surface area (Å²) in [5.41, 5.74) is 0. The summed E-state index contributed by atoms with van der Waals surface area (Å²) >= 11 is 2.76. The molecule has 15 heavy (non-hydrogen) atoms. The molecule has 0 nitrogen and oxygen atoms in total. The Labute approximate surface area is 94.4 Å². The Hall–Kier alpha value is -0.363. The SMILES string of the molecule is C[Si](C)(C)c1c(F)c(F)c(F)c(F)c1Br. The number of rotatable bonds is 1. The Balaban J connectivity index is 3.68. The van der Waals surface area contributed by atoms with E-state index in [1.165, 1.54) is 0 Å². The molecule has 0 saturated carbocycles. The summed E-state index contributed by atoms with van der Waals surface area (Å²) in [5.74, 6) is -6.18. The smallest absolute Gasteiger partial charge is 0.198 e. The molecule has 0 saturated heterocycles. The summed E-state index contributed by atoms with van der Waals surface area (Å²) in [6.07, 6.45) is 0. The summed E-state index contributed by atoms with van der Waals surface area (Å²) in [6, 6.07) is 0. The molecule has 0 radical (unpaired) electrons. The first kappa shape index (κ1) is 12.7. The van der Waals surface area contributed by atoms with Crippen LogP contribution >= 0.6 is 15.9 Å². The zero-order valence-corrected chi connectivity index (χ0v) is 11.0. The van der Waals surface area contributed by atoms with Crippen LogP contribution in [0.25, 0.3) is 0 Å². The van der Waals surface area contributed by atoms with Crippen molar-refractivity contribution in [3.63, 3.8) is 0 Å². The third-order valence-electron chi connectivity index (χ3n) is 1.96. The monoisotopic (exact) mass is 300 g/mol. The highest BCUT2D eigenvalue weighted by Gasteiger charge is 2.31. The van der Waals surface area contributed by atoms with E-state index < -0.39 is 31.3 Å².